The average Bonchev–Trinajstić information content (AvgIpc) is 3.17. The van der Waals surface area contributed by atoms with E-state index < -0.39 is 17.3 Å². The molecule has 0 radical (unpaired) electrons. The van der Waals surface area contributed by atoms with Gasteiger partial charge in [-0.25, -0.2) is 4.39 Å². The van der Waals surface area contributed by atoms with E-state index in [4.69, 9.17) is 0 Å². The lowest BCUT2D eigenvalue weighted by molar-refractivity contribution is -0.129. The number of carbonyl (C=O) groups is 2. The molecule has 0 atom stereocenters. The summed E-state index contributed by atoms with van der Waals surface area (Å²) < 4.78 is 16.4. The molecule has 0 spiro atoms. The fraction of sp³-hybridized carbons (Fsp3) is 0.304. The summed E-state index contributed by atoms with van der Waals surface area (Å²) in [4.78, 5) is 42.0. The van der Waals surface area contributed by atoms with Gasteiger partial charge in [-0.15, -0.1) is 0 Å². The molecule has 3 heterocycles. The Morgan fingerprint density at radius 3 is 2.53 bits per heavy atom. The summed E-state index contributed by atoms with van der Waals surface area (Å²) in [7, 11) is 3.43. The predicted octanol–water partition coefficient (Wildman–Crippen LogP) is 1.89. The van der Waals surface area contributed by atoms with Crippen LogP contribution in [0.15, 0.2) is 47.7 Å². The van der Waals surface area contributed by atoms with E-state index in [2.05, 4.69) is 5.10 Å². The van der Waals surface area contributed by atoms with Crippen molar-refractivity contribution in [2.24, 2.45) is 7.05 Å². The van der Waals surface area contributed by atoms with E-state index in [1.807, 2.05) is 6.20 Å². The van der Waals surface area contributed by atoms with E-state index in [-0.39, 0.29) is 11.5 Å². The third-order valence-electron chi connectivity index (χ3n) is 5.69. The summed E-state index contributed by atoms with van der Waals surface area (Å²) in [5.41, 5.74) is 2.30. The van der Waals surface area contributed by atoms with Gasteiger partial charge in [-0.3, -0.25) is 23.6 Å². The first-order chi connectivity index (χ1) is 15.2. The summed E-state index contributed by atoms with van der Waals surface area (Å²) in [6, 6.07) is 5.50. The molecule has 0 unspecified atom stereocenters. The Hall–Kier alpha value is -3.75. The molecule has 8 nitrogen and oxygen atoms in total. The van der Waals surface area contributed by atoms with Crippen molar-refractivity contribution in [3.05, 3.63) is 81.3 Å². The molecule has 166 valence electrons. The van der Waals surface area contributed by atoms with E-state index in [0.717, 1.165) is 11.1 Å². The van der Waals surface area contributed by atoms with Gasteiger partial charge in [0.15, 0.2) is 0 Å². The second kappa shape index (κ2) is 8.41. The predicted molar refractivity (Wildman–Crippen MR) is 116 cm³/mol. The molecule has 2 amide bonds. The van der Waals surface area contributed by atoms with Crippen molar-refractivity contribution in [2.45, 2.75) is 26.4 Å². The zero-order valence-electron chi connectivity index (χ0n) is 18.2. The maximum absolute atomic E-state index is 13.5. The van der Waals surface area contributed by atoms with Gasteiger partial charge in [-0.05, 0) is 41.8 Å². The standard InChI is InChI=1S/C23H24FN5O3/c1-15(30)28-9-8-20-17(13-28)14-29(19-6-4-18(24)5-7-19)23(32)21(20)22(31)26(2)11-16-10-25-27(3)12-16/h4-7,10,12,14H,8-9,11,13H2,1-3H3. The highest BCUT2D eigenvalue weighted by atomic mass is 19.1. The zero-order valence-corrected chi connectivity index (χ0v) is 18.2. The van der Waals surface area contributed by atoms with Gasteiger partial charge in [0.05, 0.1) is 6.20 Å². The van der Waals surface area contributed by atoms with Crippen molar-refractivity contribution >= 4 is 11.8 Å². The highest BCUT2D eigenvalue weighted by molar-refractivity contribution is 5.95. The van der Waals surface area contributed by atoms with E-state index in [0.29, 0.717) is 37.3 Å². The van der Waals surface area contributed by atoms with Gasteiger partial charge in [-0.2, -0.15) is 5.10 Å². The third kappa shape index (κ3) is 4.05. The summed E-state index contributed by atoms with van der Waals surface area (Å²) >= 11 is 0. The van der Waals surface area contributed by atoms with Crippen LogP contribution in [0.4, 0.5) is 4.39 Å². The quantitative estimate of drug-likeness (QED) is 0.624. The van der Waals surface area contributed by atoms with Crippen LogP contribution >= 0.6 is 0 Å². The smallest absolute Gasteiger partial charge is 0.268 e. The monoisotopic (exact) mass is 437 g/mol. The lowest BCUT2D eigenvalue weighted by atomic mass is 9.95. The van der Waals surface area contributed by atoms with Gasteiger partial charge < -0.3 is 9.80 Å². The van der Waals surface area contributed by atoms with Gasteiger partial charge >= 0.3 is 0 Å². The van der Waals surface area contributed by atoms with E-state index in [1.54, 1.807) is 36.1 Å². The number of rotatable bonds is 4. The summed E-state index contributed by atoms with van der Waals surface area (Å²) in [5, 5.41) is 4.12. The molecule has 2 aromatic heterocycles. The molecule has 0 saturated heterocycles. The highest BCUT2D eigenvalue weighted by Gasteiger charge is 2.29. The lowest BCUT2D eigenvalue weighted by Crippen LogP contribution is -2.40. The molecule has 4 rings (SSSR count). The molecule has 9 heteroatoms. The molecule has 1 aromatic carbocycles. The first-order valence-corrected chi connectivity index (χ1v) is 10.3. The lowest BCUT2D eigenvalue weighted by Gasteiger charge is -2.30. The minimum absolute atomic E-state index is 0.0724. The van der Waals surface area contributed by atoms with Crippen molar-refractivity contribution in [3.63, 3.8) is 0 Å². The van der Waals surface area contributed by atoms with Crippen LogP contribution in [0.25, 0.3) is 5.69 Å². The van der Waals surface area contributed by atoms with Crippen molar-refractivity contribution in [1.29, 1.82) is 0 Å². The van der Waals surface area contributed by atoms with Gasteiger partial charge in [0.1, 0.15) is 11.4 Å². The van der Waals surface area contributed by atoms with Crippen molar-refractivity contribution in [3.8, 4) is 5.69 Å². The van der Waals surface area contributed by atoms with Crippen molar-refractivity contribution in [2.75, 3.05) is 13.6 Å². The van der Waals surface area contributed by atoms with Crippen LogP contribution in [0.3, 0.4) is 0 Å². The van der Waals surface area contributed by atoms with Gasteiger partial charge in [0.2, 0.25) is 5.91 Å². The molecule has 0 fully saturated rings. The zero-order chi connectivity index (χ0) is 23.0. The normalized spacial score (nSPS) is 13.1. The third-order valence-corrected chi connectivity index (χ3v) is 5.69. The Morgan fingerprint density at radius 1 is 1.19 bits per heavy atom. The van der Waals surface area contributed by atoms with Gasteiger partial charge in [0.25, 0.3) is 11.5 Å². The number of hydrogen-bond donors (Lipinski definition) is 0. The molecule has 1 aliphatic heterocycles. The fourth-order valence-corrected chi connectivity index (χ4v) is 4.03. The number of pyridine rings is 1. The molecule has 0 aliphatic carbocycles. The Kier molecular flexibility index (Phi) is 5.65. The van der Waals surface area contributed by atoms with Crippen LogP contribution in [0.5, 0.6) is 0 Å². The Bertz CT molecular complexity index is 1250. The number of aromatic nitrogens is 3. The number of halogens is 1. The van der Waals surface area contributed by atoms with Crippen LogP contribution in [0.2, 0.25) is 0 Å². The Labute approximate surface area is 184 Å². The molecule has 0 bridgehead atoms. The molecule has 1 aliphatic rings. The number of fused-ring (bicyclic) bond motifs is 1. The topological polar surface area (TPSA) is 80.4 Å². The van der Waals surface area contributed by atoms with Crippen LogP contribution in [0.1, 0.15) is 34.0 Å². The summed E-state index contributed by atoms with van der Waals surface area (Å²) in [6.45, 7) is 2.54. The first-order valence-electron chi connectivity index (χ1n) is 10.3. The maximum Gasteiger partial charge on any atom is 0.268 e. The fourth-order valence-electron chi connectivity index (χ4n) is 4.03. The number of nitrogens with zero attached hydrogens (tertiary/aromatic N) is 5. The molecule has 0 N–H and O–H groups in total. The van der Waals surface area contributed by atoms with Crippen LogP contribution < -0.4 is 5.56 Å². The largest absolute Gasteiger partial charge is 0.338 e. The van der Waals surface area contributed by atoms with Crippen LogP contribution in [-0.4, -0.2) is 49.6 Å². The number of aryl methyl sites for hydroxylation is 1. The minimum atomic E-state index is -0.463. The summed E-state index contributed by atoms with van der Waals surface area (Å²) in [5.74, 6) is -0.894. The highest BCUT2D eigenvalue weighted by Crippen LogP contribution is 2.23. The van der Waals surface area contributed by atoms with Crippen molar-refractivity contribution in [1.82, 2.24) is 24.1 Å². The molecule has 0 saturated carbocycles. The maximum atomic E-state index is 13.5. The second-order valence-corrected chi connectivity index (χ2v) is 8.03. The number of hydrogen-bond acceptors (Lipinski definition) is 4. The van der Waals surface area contributed by atoms with E-state index in [1.165, 1.54) is 40.7 Å². The first kappa shape index (κ1) is 21.5. The SMILES string of the molecule is CC(=O)N1CCc2c(cn(-c3ccc(F)cc3)c(=O)c2C(=O)N(C)Cc2cnn(C)c2)C1. The van der Waals surface area contributed by atoms with Gasteiger partial charge in [0, 0.05) is 64.3 Å². The number of amides is 2. The number of carbonyl (C=O) groups excluding carboxylic acids is 2. The van der Waals surface area contributed by atoms with E-state index in [9.17, 15) is 18.8 Å². The Morgan fingerprint density at radius 2 is 1.91 bits per heavy atom. The molecule has 32 heavy (non-hydrogen) atoms. The summed E-state index contributed by atoms with van der Waals surface area (Å²) in [6.07, 6.45) is 5.55. The number of benzene rings is 1. The van der Waals surface area contributed by atoms with Crippen LogP contribution in [0, 0.1) is 5.82 Å². The van der Waals surface area contributed by atoms with E-state index >= 15 is 0 Å². The average molecular weight is 437 g/mol. The van der Waals surface area contributed by atoms with Crippen LogP contribution in [-0.2, 0) is 31.4 Å². The molecule has 3 aromatic rings. The minimum Gasteiger partial charge on any atom is -0.338 e. The van der Waals surface area contributed by atoms with Gasteiger partial charge in [-0.1, -0.05) is 0 Å². The Balaban J connectivity index is 1.81. The molecular formula is C23H24FN5O3. The van der Waals surface area contributed by atoms with Crippen molar-refractivity contribution < 1.29 is 14.0 Å². The molecular weight excluding hydrogens is 413 g/mol. The second-order valence-electron chi connectivity index (χ2n) is 8.03.